The fraction of sp³-hybridized carbons (Fsp3) is 0.111. The molecule has 28 heavy (non-hydrogen) atoms. The van der Waals surface area contributed by atoms with Crippen LogP contribution in [0.2, 0.25) is 5.02 Å². The smallest absolute Gasteiger partial charge is 0.0412 e. The molecule has 0 saturated heterocycles. The van der Waals surface area contributed by atoms with Gasteiger partial charge in [-0.3, -0.25) is 0 Å². The number of hydrogen-bond donors (Lipinski definition) is 0. The number of benzene rings is 4. The van der Waals surface area contributed by atoms with E-state index in [0.29, 0.717) is 0 Å². The van der Waals surface area contributed by atoms with Gasteiger partial charge in [-0.2, -0.15) is 0 Å². The third kappa shape index (κ3) is 2.68. The Balaban J connectivity index is 1.62. The molecule has 0 unspecified atom stereocenters. The minimum absolute atomic E-state index is 0.0203. The van der Waals surface area contributed by atoms with Crippen LogP contribution in [0, 0.1) is 0 Å². The van der Waals surface area contributed by atoms with Gasteiger partial charge in [0.15, 0.2) is 0 Å². The van der Waals surface area contributed by atoms with Crippen LogP contribution >= 0.6 is 11.6 Å². The SMILES string of the molecule is CC1(C)c2ccccc2-c2ccc(-c3cccc(-c4cccc(Cl)c4)c3)cc21. The highest BCUT2D eigenvalue weighted by Gasteiger charge is 2.35. The summed E-state index contributed by atoms with van der Waals surface area (Å²) in [6.45, 7) is 4.65. The highest BCUT2D eigenvalue weighted by Crippen LogP contribution is 2.49. The molecule has 0 nitrogen and oxygen atoms in total. The lowest BCUT2D eigenvalue weighted by atomic mass is 9.81. The quantitative estimate of drug-likeness (QED) is 0.330. The summed E-state index contributed by atoms with van der Waals surface area (Å²) in [5.41, 5.74) is 10.4. The molecule has 4 aromatic rings. The molecule has 0 atom stereocenters. The maximum absolute atomic E-state index is 6.19. The monoisotopic (exact) mass is 380 g/mol. The van der Waals surface area contributed by atoms with Gasteiger partial charge in [0.2, 0.25) is 0 Å². The number of rotatable bonds is 2. The number of fused-ring (bicyclic) bond motifs is 3. The third-order valence-corrected chi connectivity index (χ3v) is 6.17. The zero-order valence-corrected chi connectivity index (χ0v) is 16.8. The molecule has 0 bridgehead atoms. The Bertz CT molecular complexity index is 1200. The van der Waals surface area contributed by atoms with E-state index in [1.165, 1.54) is 38.9 Å². The summed E-state index contributed by atoms with van der Waals surface area (Å²) in [6.07, 6.45) is 0. The molecule has 5 rings (SSSR count). The van der Waals surface area contributed by atoms with Crippen LogP contribution in [-0.2, 0) is 5.41 Å². The summed E-state index contributed by atoms with van der Waals surface area (Å²) >= 11 is 6.19. The highest BCUT2D eigenvalue weighted by atomic mass is 35.5. The van der Waals surface area contributed by atoms with E-state index in [-0.39, 0.29) is 5.41 Å². The molecular weight excluding hydrogens is 360 g/mol. The second-order valence-electron chi connectivity index (χ2n) is 8.02. The van der Waals surface area contributed by atoms with E-state index in [1.807, 2.05) is 18.2 Å². The molecule has 0 heterocycles. The first kappa shape index (κ1) is 17.3. The van der Waals surface area contributed by atoms with Gasteiger partial charge in [-0.15, -0.1) is 0 Å². The predicted octanol–water partition coefficient (Wildman–Crippen LogP) is 7.98. The summed E-state index contributed by atoms with van der Waals surface area (Å²) in [7, 11) is 0. The Kier molecular flexibility index (Phi) is 3.92. The Labute approximate surface area is 171 Å². The molecule has 0 aromatic heterocycles. The van der Waals surface area contributed by atoms with E-state index < -0.39 is 0 Å². The largest absolute Gasteiger partial charge is 0.0843 e. The van der Waals surface area contributed by atoms with E-state index in [4.69, 9.17) is 11.6 Å². The molecule has 1 aliphatic carbocycles. The van der Waals surface area contributed by atoms with Crippen LogP contribution in [0.1, 0.15) is 25.0 Å². The van der Waals surface area contributed by atoms with Crippen LogP contribution in [-0.4, -0.2) is 0 Å². The highest BCUT2D eigenvalue weighted by molar-refractivity contribution is 6.30. The first-order chi connectivity index (χ1) is 13.5. The third-order valence-electron chi connectivity index (χ3n) is 5.94. The maximum Gasteiger partial charge on any atom is 0.0412 e. The van der Waals surface area contributed by atoms with Crippen LogP contribution < -0.4 is 0 Å². The first-order valence-electron chi connectivity index (χ1n) is 9.65. The van der Waals surface area contributed by atoms with Crippen molar-refractivity contribution in [2.24, 2.45) is 0 Å². The van der Waals surface area contributed by atoms with Gasteiger partial charge in [-0.1, -0.05) is 92.2 Å². The minimum Gasteiger partial charge on any atom is -0.0843 e. The second kappa shape index (κ2) is 6.36. The van der Waals surface area contributed by atoms with Crippen molar-refractivity contribution in [1.82, 2.24) is 0 Å². The standard InChI is InChI=1S/C27H21Cl/c1-27(2)25-12-4-3-11-23(25)24-14-13-21(17-26(24)27)19-8-5-7-18(15-19)20-9-6-10-22(28)16-20/h3-17H,1-2H3. The number of halogens is 1. The summed E-state index contributed by atoms with van der Waals surface area (Å²) in [5, 5.41) is 0.764. The molecule has 0 N–H and O–H groups in total. The number of hydrogen-bond acceptors (Lipinski definition) is 0. The molecule has 0 aliphatic heterocycles. The maximum atomic E-state index is 6.19. The molecule has 1 heteroatoms. The van der Waals surface area contributed by atoms with Gasteiger partial charge in [0.05, 0.1) is 0 Å². The van der Waals surface area contributed by atoms with Crippen LogP contribution in [0.5, 0.6) is 0 Å². The molecule has 1 aliphatic rings. The molecule has 4 aromatic carbocycles. The zero-order valence-electron chi connectivity index (χ0n) is 16.0. The van der Waals surface area contributed by atoms with Gasteiger partial charge in [0.25, 0.3) is 0 Å². The Hall–Kier alpha value is -2.83. The van der Waals surface area contributed by atoms with Crippen molar-refractivity contribution in [3.05, 3.63) is 107 Å². The Morgan fingerprint density at radius 1 is 0.536 bits per heavy atom. The fourth-order valence-corrected chi connectivity index (χ4v) is 4.62. The van der Waals surface area contributed by atoms with Crippen molar-refractivity contribution in [2.75, 3.05) is 0 Å². The van der Waals surface area contributed by atoms with Gasteiger partial charge >= 0.3 is 0 Å². The van der Waals surface area contributed by atoms with Crippen molar-refractivity contribution < 1.29 is 0 Å². The second-order valence-corrected chi connectivity index (χ2v) is 8.46. The summed E-state index contributed by atoms with van der Waals surface area (Å²) in [4.78, 5) is 0. The molecule has 0 fully saturated rings. The van der Waals surface area contributed by atoms with Crippen molar-refractivity contribution in [1.29, 1.82) is 0 Å². The average molecular weight is 381 g/mol. The van der Waals surface area contributed by atoms with Crippen molar-refractivity contribution in [3.8, 4) is 33.4 Å². The van der Waals surface area contributed by atoms with E-state index in [2.05, 4.69) is 86.6 Å². The zero-order chi connectivity index (χ0) is 19.3. The molecule has 136 valence electrons. The normalized spacial score (nSPS) is 13.8. The van der Waals surface area contributed by atoms with Crippen molar-refractivity contribution in [3.63, 3.8) is 0 Å². The lowest BCUT2D eigenvalue weighted by Gasteiger charge is -2.22. The van der Waals surface area contributed by atoms with E-state index in [9.17, 15) is 0 Å². The van der Waals surface area contributed by atoms with Crippen molar-refractivity contribution in [2.45, 2.75) is 19.3 Å². The predicted molar refractivity (Wildman–Crippen MR) is 120 cm³/mol. The van der Waals surface area contributed by atoms with Gasteiger partial charge in [-0.25, -0.2) is 0 Å². The van der Waals surface area contributed by atoms with Crippen LogP contribution in [0.4, 0.5) is 0 Å². The van der Waals surface area contributed by atoms with Crippen molar-refractivity contribution >= 4 is 11.6 Å². The molecule has 0 spiro atoms. The van der Waals surface area contributed by atoms with Gasteiger partial charge < -0.3 is 0 Å². The summed E-state index contributed by atoms with van der Waals surface area (Å²) in [5.74, 6) is 0. The minimum atomic E-state index is 0.0203. The van der Waals surface area contributed by atoms with E-state index in [1.54, 1.807) is 0 Å². The first-order valence-corrected chi connectivity index (χ1v) is 10.0. The van der Waals surface area contributed by atoms with Gasteiger partial charge in [0.1, 0.15) is 0 Å². The van der Waals surface area contributed by atoms with Gasteiger partial charge in [-0.05, 0) is 68.8 Å². The van der Waals surface area contributed by atoms with Crippen LogP contribution in [0.15, 0.2) is 91.0 Å². The molecule has 0 saturated carbocycles. The lowest BCUT2D eigenvalue weighted by Crippen LogP contribution is -2.14. The Morgan fingerprint density at radius 2 is 1.14 bits per heavy atom. The fourth-order valence-electron chi connectivity index (χ4n) is 4.43. The van der Waals surface area contributed by atoms with E-state index in [0.717, 1.165) is 10.6 Å². The van der Waals surface area contributed by atoms with E-state index >= 15 is 0 Å². The summed E-state index contributed by atoms with van der Waals surface area (Å²) < 4.78 is 0. The molecule has 0 amide bonds. The molecule has 0 radical (unpaired) electrons. The topological polar surface area (TPSA) is 0 Å². The Morgan fingerprint density at radius 3 is 1.89 bits per heavy atom. The van der Waals surface area contributed by atoms with Crippen LogP contribution in [0.3, 0.4) is 0 Å². The molecular formula is C27H21Cl. The van der Waals surface area contributed by atoms with Crippen LogP contribution in [0.25, 0.3) is 33.4 Å². The van der Waals surface area contributed by atoms with Gasteiger partial charge in [0, 0.05) is 10.4 Å². The average Bonchev–Trinajstić information content (AvgIpc) is 2.95. The summed E-state index contributed by atoms with van der Waals surface area (Å²) in [6, 6.07) is 32.4. The lowest BCUT2D eigenvalue weighted by molar-refractivity contribution is 0.660.